The number of halogens is 1. The van der Waals surface area contributed by atoms with E-state index in [2.05, 4.69) is 20.7 Å². The van der Waals surface area contributed by atoms with E-state index >= 15 is 0 Å². The molecular formula is C6H11BrO3. The van der Waals surface area contributed by atoms with Gasteiger partial charge in [-0.15, -0.1) is 0 Å². The van der Waals surface area contributed by atoms with Crippen molar-refractivity contribution < 1.29 is 14.6 Å². The van der Waals surface area contributed by atoms with Crippen LogP contribution in [0.3, 0.4) is 0 Å². The number of carbonyl (C=O) groups is 1. The highest BCUT2D eigenvalue weighted by molar-refractivity contribution is 9.09. The molecule has 0 amide bonds. The lowest BCUT2D eigenvalue weighted by Crippen LogP contribution is -2.38. The highest BCUT2D eigenvalue weighted by Gasteiger charge is 2.30. The Morgan fingerprint density at radius 2 is 2.30 bits per heavy atom. The second-order valence-corrected chi connectivity index (χ2v) is 2.69. The lowest BCUT2D eigenvalue weighted by atomic mass is 10.1. The van der Waals surface area contributed by atoms with Gasteiger partial charge in [-0.05, 0) is 13.8 Å². The zero-order valence-corrected chi connectivity index (χ0v) is 7.64. The van der Waals surface area contributed by atoms with Crippen LogP contribution in [0.2, 0.25) is 0 Å². The number of hydrogen-bond acceptors (Lipinski definition) is 3. The lowest BCUT2D eigenvalue weighted by molar-refractivity contribution is -0.160. The highest BCUT2D eigenvalue weighted by atomic mass is 79.9. The molecule has 0 saturated carbocycles. The molecule has 0 aliphatic heterocycles. The molecule has 3 nitrogen and oxygen atoms in total. The first-order valence-corrected chi connectivity index (χ1v) is 4.12. The van der Waals surface area contributed by atoms with Gasteiger partial charge in [0.1, 0.15) is 0 Å². The van der Waals surface area contributed by atoms with Crippen LogP contribution in [0.25, 0.3) is 0 Å². The monoisotopic (exact) mass is 210 g/mol. The van der Waals surface area contributed by atoms with Gasteiger partial charge in [-0.25, -0.2) is 4.79 Å². The molecule has 4 heteroatoms. The van der Waals surface area contributed by atoms with E-state index in [9.17, 15) is 9.90 Å². The summed E-state index contributed by atoms with van der Waals surface area (Å²) in [5.74, 6) is -0.591. The van der Waals surface area contributed by atoms with Crippen molar-refractivity contribution in [2.24, 2.45) is 0 Å². The molecular weight excluding hydrogens is 200 g/mol. The number of aliphatic hydroxyl groups is 1. The van der Waals surface area contributed by atoms with Crippen LogP contribution in [-0.2, 0) is 9.53 Å². The Kier molecular flexibility index (Phi) is 3.89. The average molecular weight is 211 g/mol. The van der Waals surface area contributed by atoms with Gasteiger partial charge in [-0.1, -0.05) is 15.9 Å². The maximum atomic E-state index is 10.8. The van der Waals surface area contributed by atoms with Crippen LogP contribution in [0.15, 0.2) is 0 Å². The number of alkyl halides is 1. The number of rotatable bonds is 3. The molecule has 0 heterocycles. The second kappa shape index (κ2) is 3.93. The zero-order valence-electron chi connectivity index (χ0n) is 6.06. The van der Waals surface area contributed by atoms with Crippen LogP contribution in [0.5, 0.6) is 0 Å². The molecule has 0 aromatic heterocycles. The van der Waals surface area contributed by atoms with E-state index in [1.165, 1.54) is 6.92 Å². The summed E-state index contributed by atoms with van der Waals surface area (Å²) in [6.45, 7) is 3.39. The summed E-state index contributed by atoms with van der Waals surface area (Å²) in [4.78, 5) is 10.8. The molecule has 0 bridgehead atoms. The summed E-state index contributed by atoms with van der Waals surface area (Å²) in [7, 11) is 0. The van der Waals surface area contributed by atoms with Crippen LogP contribution in [0.1, 0.15) is 13.8 Å². The predicted octanol–water partition coefficient (Wildman–Crippen LogP) is 0.695. The van der Waals surface area contributed by atoms with E-state index in [-0.39, 0.29) is 5.33 Å². The van der Waals surface area contributed by atoms with E-state index in [0.717, 1.165) is 0 Å². The Balaban J connectivity index is 3.91. The molecule has 10 heavy (non-hydrogen) atoms. The molecule has 1 N–H and O–H groups in total. The molecule has 1 atom stereocenters. The smallest absolute Gasteiger partial charge is 0.338 e. The molecule has 1 unspecified atom stereocenters. The summed E-state index contributed by atoms with van der Waals surface area (Å²) in [5, 5.41) is 9.39. The van der Waals surface area contributed by atoms with Crippen molar-refractivity contribution >= 4 is 21.9 Å². The quantitative estimate of drug-likeness (QED) is 0.552. The third kappa shape index (κ3) is 2.66. The fourth-order valence-corrected chi connectivity index (χ4v) is 0.570. The van der Waals surface area contributed by atoms with Gasteiger partial charge in [0.25, 0.3) is 0 Å². The summed E-state index contributed by atoms with van der Waals surface area (Å²) in [5.41, 5.74) is -1.39. The van der Waals surface area contributed by atoms with Crippen molar-refractivity contribution in [3.05, 3.63) is 0 Å². The third-order valence-electron chi connectivity index (χ3n) is 0.975. The molecule has 0 aliphatic rings. The Labute approximate surface area is 68.5 Å². The van der Waals surface area contributed by atoms with Crippen LogP contribution in [0.4, 0.5) is 0 Å². The highest BCUT2D eigenvalue weighted by Crippen LogP contribution is 2.08. The maximum Gasteiger partial charge on any atom is 0.338 e. The van der Waals surface area contributed by atoms with Crippen molar-refractivity contribution in [2.45, 2.75) is 19.4 Å². The molecule has 0 saturated heterocycles. The second-order valence-electron chi connectivity index (χ2n) is 2.13. The first-order valence-electron chi connectivity index (χ1n) is 3.00. The first kappa shape index (κ1) is 9.91. The summed E-state index contributed by atoms with van der Waals surface area (Å²) >= 11 is 2.99. The van der Waals surface area contributed by atoms with E-state index < -0.39 is 11.6 Å². The zero-order chi connectivity index (χ0) is 8.20. The molecule has 0 aromatic carbocycles. The van der Waals surface area contributed by atoms with E-state index in [0.29, 0.717) is 6.61 Å². The van der Waals surface area contributed by atoms with Gasteiger partial charge >= 0.3 is 5.97 Å². The van der Waals surface area contributed by atoms with Crippen LogP contribution < -0.4 is 0 Å². The fourth-order valence-electron chi connectivity index (χ4n) is 0.341. The summed E-state index contributed by atoms with van der Waals surface area (Å²) < 4.78 is 4.58. The van der Waals surface area contributed by atoms with Crippen LogP contribution in [-0.4, -0.2) is 28.6 Å². The fraction of sp³-hybridized carbons (Fsp3) is 0.833. The Hall–Kier alpha value is -0.0900. The minimum Gasteiger partial charge on any atom is -0.464 e. The Morgan fingerprint density at radius 3 is 2.60 bits per heavy atom. The SMILES string of the molecule is CCOC(=O)C(C)(O)CBr. The largest absolute Gasteiger partial charge is 0.464 e. The minimum absolute atomic E-state index is 0.193. The maximum absolute atomic E-state index is 10.8. The van der Waals surface area contributed by atoms with Crippen molar-refractivity contribution in [1.82, 2.24) is 0 Å². The lowest BCUT2D eigenvalue weighted by Gasteiger charge is -2.17. The average Bonchev–Trinajstić information content (AvgIpc) is 1.89. The van der Waals surface area contributed by atoms with Crippen LogP contribution in [0, 0.1) is 0 Å². The third-order valence-corrected chi connectivity index (χ3v) is 2.07. The molecule has 0 fully saturated rings. The summed E-state index contributed by atoms with van der Waals surface area (Å²) in [6.07, 6.45) is 0. The summed E-state index contributed by atoms with van der Waals surface area (Å²) in [6, 6.07) is 0. The van der Waals surface area contributed by atoms with Crippen molar-refractivity contribution in [3.8, 4) is 0 Å². The van der Waals surface area contributed by atoms with Crippen molar-refractivity contribution in [3.63, 3.8) is 0 Å². The topological polar surface area (TPSA) is 46.5 Å². The Bertz CT molecular complexity index is 122. The van der Waals surface area contributed by atoms with E-state index in [1.54, 1.807) is 6.92 Å². The van der Waals surface area contributed by atoms with E-state index in [1.807, 2.05) is 0 Å². The van der Waals surface area contributed by atoms with Gasteiger partial charge in [-0.2, -0.15) is 0 Å². The number of hydrogen-bond donors (Lipinski definition) is 1. The first-order chi connectivity index (χ1) is 4.54. The molecule has 0 radical (unpaired) electrons. The standard InChI is InChI=1S/C6H11BrO3/c1-3-10-5(8)6(2,9)4-7/h9H,3-4H2,1-2H3. The van der Waals surface area contributed by atoms with Gasteiger partial charge in [0.15, 0.2) is 5.60 Å². The normalized spacial score (nSPS) is 16.0. The number of ether oxygens (including phenoxy) is 1. The van der Waals surface area contributed by atoms with Gasteiger partial charge in [-0.3, -0.25) is 0 Å². The minimum atomic E-state index is -1.39. The molecule has 60 valence electrons. The molecule has 0 aliphatic carbocycles. The Morgan fingerprint density at radius 1 is 1.80 bits per heavy atom. The molecule has 0 aromatic rings. The van der Waals surface area contributed by atoms with Gasteiger partial charge in [0.05, 0.1) is 6.61 Å². The van der Waals surface area contributed by atoms with Gasteiger partial charge in [0.2, 0.25) is 0 Å². The number of carbonyl (C=O) groups excluding carboxylic acids is 1. The van der Waals surface area contributed by atoms with Gasteiger partial charge in [0, 0.05) is 5.33 Å². The number of esters is 1. The van der Waals surface area contributed by atoms with E-state index in [4.69, 9.17) is 0 Å². The van der Waals surface area contributed by atoms with Crippen LogP contribution >= 0.6 is 15.9 Å². The van der Waals surface area contributed by atoms with Crippen molar-refractivity contribution in [1.29, 1.82) is 0 Å². The van der Waals surface area contributed by atoms with Gasteiger partial charge < -0.3 is 9.84 Å². The van der Waals surface area contributed by atoms with Crippen molar-refractivity contribution in [2.75, 3.05) is 11.9 Å². The molecule has 0 spiro atoms. The molecule has 0 rings (SSSR count). The predicted molar refractivity (Wildman–Crippen MR) is 41.1 cm³/mol.